The van der Waals surface area contributed by atoms with Crippen molar-refractivity contribution in [3.63, 3.8) is 0 Å². The molecule has 0 bridgehead atoms. The van der Waals surface area contributed by atoms with Crippen LogP contribution in [0.5, 0.6) is 5.75 Å². The fourth-order valence-electron chi connectivity index (χ4n) is 2.38. The minimum Gasteiger partial charge on any atom is -0.482 e. The van der Waals surface area contributed by atoms with Crippen LogP contribution < -0.4 is 4.74 Å². The summed E-state index contributed by atoms with van der Waals surface area (Å²) in [5.74, 6) is 0.395. The summed E-state index contributed by atoms with van der Waals surface area (Å²) in [6.07, 6.45) is 1.53. The molecule has 1 aromatic carbocycles. The zero-order chi connectivity index (χ0) is 14.8. The Morgan fingerprint density at radius 1 is 1.55 bits per heavy atom. The highest BCUT2D eigenvalue weighted by Gasteiger charge is 2.30. The molecule has 1 N–H and O–H groups in total. The van der Waals surface area contributed by atoms with E-state index in [0.717, 1.165) is 18.4 Å². The second kappa shape index (κ2) is 6.02. The number of aryl methyl sites for hydroxylation is 1. The molecule has 1 aromatic rings. The molecule has 1 aliphatic heterocycles. The van der Waals surface area contributed by atoms with E-state index in [1.54, 1.807) is 17.9 Å². The van der Waals surface area contributed by atoms with Crippen molar-refractivity contribution in [2.45, 2.75) is 32.3 Å². The van der Waals surface area contributed by atoms with Crippen molar-refractivity contribution in [2.24, 2.45) is 0 Å². The van der Waals surface area contributed by atoms with Crippen LogP contribution in [0.4, 0.5) is 0 Å². The molecule has 1 atom stereocenters. The van der Waals surface area contributed by atoms with Crippen LogP contribution in [0, 0.1) is 6.92 Å². The Kier molecular flexibility index (Phi) is 4.55. The van der Waals surface area contributed by atoms with E-state index in [4.69, 9.17) is 16.3 Å². The lowest BCUT2D eigenvalue weighted by atomic mass is 9.95. The smallest absolute Gasteiger partial charge is 0.260 e. The quantitative estimate of drug-likeness (QED) is 0.932. The third kappa shape index (κ3) is 3.87. The molecule has 0 radical (unpaired) electrons. The topological polar surface area (TPSA) is 49.8 Å². The number of hydrogen-bond donors (Lipinski definition) is 1. The number of β-amino-alcohol motifs (C(OH)–C–C–N with tert-alkyl or cyclic N) is 1. The first kappa shape index (κ1) is 15.1. The van der Waals surface area contributed by atoms with Crippen LogP contribution in [-0.4, -0.2) is 41.2 Å². The van der Waals surface area contributed by atoms with Gasteiger partial charge in [0.1, 0.15) is 5.75 Å². The number of piperidine rings is 1. The molecule has 110 valence electrons. The van der Waals surface area contributed by atoms with Crippen LogP contribution >= 0.6 is 11.6 Å². The fraction of sp³-hybridized carbons (Fsp3) is 0.533. The Morgan fingerprint density at radius 2 is 2.30 bits per heavy atom. The van der Waals surface area contributed by atoms with Crippen molar-refractivity contribution in [3.8, 4) is 5.75 Å². The second-order valence-corrected chi connectivity index (χ2v) is 6.05. The van der Waals surface area contributed by atoms with Gasteiger partial charge in [-0.2, -0.15) is 0 Å². The van der Waals surface area contributed by atoms with Crippen LogP contribution in [0.25, 0.3) is 0 Å². The van der Waals surface area contributed by atoms with Gasteiger partial charge in [0.05, 0.1) is 10.6 Å². The molecule has 5 heteroatoms. The van der Waals surface area contributed by atoms with Gasteiger partial charge in [-0.05, 0) is 44.4 Å². The molecule has 0 aliphatic carbocycles. The summed E-state index contributed by atoms with van der Waals surface area (Å²) < 4.78 is 5.50. The number of amides is 1. The lowest BCUT2D eigenvalue weighted by molar-refractivity contribution is -0.139. The maximum absolute atomic E-state index is 12.1. The summed E-state index contributed by atoms with van der Waals surface area (Å²) in [5.41, 5.74) is 0.229. The predicted molar refractivity (Wildman–Crippen MR) is 78.1 cm³/mol. The highest BCUT2D eigenvalue weighted by molar-refractivity contribution is 6.32. The first-order valence-electron chi connectivity index (χ1n) is 6.76. The Balaban J connectivity index is 1.93. The van der Waals surface area contributed by atoms with E-state index < -0.39 is 5.60 Å². The van der Waals surface area contributed by atoms with Crippen molar-refractivity contribution in [1.82, 2.24) is 4.90 Å². The van der Waals surface area contributed by atoms with Crippen LogP contribution in [0.15, 0.2) is 18.2 Å². The zero-order valence-electron chi connectivity index (χ0n) is 11.9. The van der Waals surface area contributed by atoms with Gasteiger partial charge in [-0.15, -0.1) is 0 Å². The number of aliphatic hydroxyl groups is 1. The molecule has 1 amide bonds. The number of ether oxygens (including phenoxy) is 1. The van der Waals surface area contributed by atoms with Crippen molar-refractivity contribution in [3.05, 3.63) is 28.8 Å². The van der Waals surface area contributed by atoms with Gasteiger partial charge >= 0.3 is 0 Å². The van der Waals surface area contributed by atoms with Crippen molar-refractivity contribution in [2.75, 3.05) is 19.7 Å². The molecule has 0 aromatic heterocycles. The summed E-state index contributed by atoms with van der Waals surface area (Å²) in [6.45, 7) is 4.66. The Bertz CT molecular complexity index is 502. The molecule has 1 unspecified atom stereocenters. The highest BCUT2D eigenvalue weighted by atomic mass is 35.5. The van der Waals surface area contributed by atoms with E-state index >= 15 is 0 Å². The Morgan fingerprint density at radius 3 is 3.00 bits per heavy atom. The van der Waals surface area contributed by atoms with Gasteiger partial charge in [0.15, 0.2) is 6.61 Å². The van der Waals surface area contributed by atoms with Gasteiger partial charge in [-0.25, -0.2) is 0 Å². The van der Waals surface area contributed by atoms with E-state index in [1.807, 2.05) is 19.1 Å². The number of likely N-dealkylation sites (tertiary alicyclic amines) is 1. The number of rotatable bonds is 3. The van der Waals surface area contributed by atoms with Crippen molar-refractivity contribution in [1.29, 1.82) is 0 Å². The molecule has 0 saturated carbocycles. The van der Waals surface area contributed by atoms with Crippen LogP contribution in [0.2, 0.25) is 5.02 Å². The first-order valence-corrected chi connectivity index (χ1v) is 7.14. The molecule has 4 nitrogen and oxygen atoms in total. The molecule has 1 heterocycles. The molecule has 20 heavy (non-hydrogen) atoms. The van der Waals surface area contributed by atoms with E-state index in [2.05, 4.69) is 0 Å². The van der Waals surface area contributed by atoms with Gasteiger partial charge in [0.2, 0.25) is 0 Å². The summed E-state index contributed by atoms with van der Waals surface area (Å²) in [6, 6.07) is 5.45. The maximum Gasteiger partial charge on any atom is 0.260 e. The standard InChI is InChI=1S/C15H20ClNO3/c1-11-4-5-12(16)13(8-11)20-9-14(18)17-7-3-6-15(2,19)10-17/h4-5,8,19H,3,6-7,9-10H2,1-2H3. The predicted octanol–water partition coefficient (Wildman–Crippen LogP) is 2.40. The van der Waals surface area contributed by atoms with E-state index in [1.165, 1.54) is 0 Å². The Labute approximate surface area is 124 Å². The number of halogens is 1. The largest absolute Gasteiger partial charge is 0.482 e. The number of carbonyl (C=O) groups is 1. The highest BCUT2D eigenvalue weighted by Crippen LogP contribution is 2.25. The van der Waals surface area contributed by atoms with Crippen LogP contribution in [0.3, 0.4) is 0 Å². The molecular weight excluding hydrogens is 278 g/mol. The number of carbonyl (C=O) groups excluding carboxylic acids is 1. The monoisotopic (exact) mass is 297 g/mol. The molecule has 1 aliphatic rings. The lowest BCUT2D eigenvalue weighted by Gasteiger charge is -2.36. The minimum atomic E-state index is -0.797. The summed E-state index contributed by atoms with van der Waals surface area (Å²) >= 11 is 6.02. The number of nitrogens with zero attached hydrogens (tertiary/aromatic N) is 1. The molecule has 1 saturated heterocycles. The molecule has 1 fully saturated rings. The first-order chi connectivity index (χ1) is 9.37. The van der Waals surface area contributed by atoms with Crippen LogP contribution in [0.1, 0.15) is 25.3 Å². The second-order valence-electron chi connectivity index (χ2n) is 5.64. The van der Waals surface area contributed by atoms with Gasteiger partial charge in [0.25, 0.3) is 5.91 Å². The van der Waals surface area contributed by atoms with Gasteiger partial charge in [-0.1, -0.05) is 17.7 Å². The normalized spacial score (nSPS) is 22.7. The van der Waals surface area contributed by atoms with Crippen molar-refractivity contribution >= 4 is 17.5 Å². The zero-order valence-corrected chi connectivity index (χ0v) is 12.6. The van der Waals surface area contributed by atoms with Gasteiger partial charge < -0.3 is 14.7 Å². The molecule has 2 rings (SSSR count). The average molecular weight is 298 g/mol. The number of hydrogen-bond acceptors (Lipinski definition) is 3. The molecule has 0 spiro atoms. The van der Waals surface area contributed by atoms with Gasteiger partial charge in [-0.3, -0.25) is 4.79 Å². The number of benzene rings is 1. The Hall–Kier alpha value is -1.26. The summed E-state index contributed by atoms with van der Waals surface area (Å²) in [5, 5.41) is 10.5. The maximum atomic E-state index is 12.1. The third-order valence-corrected chi connectivity index (χ3v) is 3.78. The van der Waals surface area contributed by atoms with Crippen LogP contribution in [-0.2, 0) is 4.79 Å². The fourth-order valence-corrected chi connectivity index (χ4v) is 2.56. The van der Waals surface area contributed by atoms with E-state index in [9.17, 15) is 9.90 Å². The minimum absolute atomic E-state index is 0.0563. The third-order valence-electron chi connectivity index (χ3n) is 3.47. The van der Waals surface area contributed by atoms with E-state index in [0.29, 0.717) is 23.9 Å². The SMILES string of the molecule is Cc1ccc(Cl)c(OCC(=O)N2CCCC(C)(O)C2)c1. The molecular formula is C15H20ClNO3. The summed E-state index contributed by atoms with van der Waals surface area (Å²) in [7, 11) is 0. The van der Waals surface area contributed by atoms with E-state index in [-0.39, 0.29) is 12.5 Å². The van der Waals surface area contributed by atoms with Gasteiger partial charge in [0, 0.05) is 13.1 Å². The average Bonchev–Trinajstić information content (AvgIpc) is 2.38. The summed E-state index contributed by atoms with van der Waals surface area (Å²) in [4.78, 5) is 13.7. The van der Waals surface area contributed by atoms with Crippen molar-refractivity contribution < 1.29 is 14.6 Å². The lowest BCUT2D eigenvalue weighted by Crippen LogP contribution is -2.49.